The second kappa shape index (κ2) is 4.35. The van der Waals surface area contributed by atoms with E-state index in [1.54, 1.807) is 6.92 Å². The average molecular weight is 246 g/mol. The molecule has 4 nitrogen and oxygen atoms in total. The molecule has 0 saturated carbocycles. The molecule has 1 aromatic heterocycles. The predicted molar refractivity (Wildman–Crippen MR) is 61.2 cm³/mol. The zero-order chi connectivity index (χ0) is 11.6. The molecule has 0 aliphatic heterocycles. The van der Waals surface area contributed by atoms with Crippen molar-refractivity contribution in [3.05, 3.63) is 10.0 Å². The first-order valence-corrected chi connectivity index (χ1v) is 5.59. The average Bonchev–Trinajstić information content (AvgIpc) is 2.44. The molecule has 2 N–H and O–H groups in total. The molecule has 1 rings (SSSR count). The Morgan fingerprint density at radius 2 is 2.27 bits per heavy atom. The van der Waals surface area contributed by atoms with E-state index in [0.29, 0.717) is 10.0 Å². The summed E-state index contributed by atoms with van der Waals surface area (Å²) in [6.45, 7) is 5.38. The molecular weight excluding hydrogens is 234 g/mol. The second-order valence-corrected chi connectivity index (χ2v) is 5.13. The van der Waals surface area contributed by atoms with E-state index in [4.69, 9.17) is 16.9 Å². The van der Waals surface area contributed by atoms with Gasteiger partial charge in [0.2, 0.25) is 0 Å². The monoisotopic (exact) mass is 245 g/mol. The van der Waals surface area contributed by atoms with Gasteiger partial charge in [0.05, 0.1) is 11.6 Å². The topological polar surface area (TPSA) is 68.9 Å². The SMILES string of the molecule is CC(O)C(C)(C)Nc1nc(Cl)c(C#N)s1. The van der Waals surface area contributed by atoms with E-state index in [0.717, 1.165) is 0 Å². The van der Waals surface area contributed by atoms with Crippen LogP contribution in [0.2, 0.25) is 5.15 Å². The van der Waals surface area contributed by atoms with Crippen LogP contribution in [0.25, 0.3) is 0 Å². The Morgan fingerprint density at radius 1 is 1.67 bits per heavy atom. The van der Waals surface area contributed by atoms with Gasteiger partial charge in [0, 0.05) is 0 Å². The number of anilines is 1. The molecule has 0 aromatic carbocycles. The van der Waals surface area contributed by atoms with Gasteiger partial charge in [-0.1, -0.05) is 22.9 Å². The predicted octanol–water partition coefficient (Wildman–Crippen LogP) is 2.24. The lowest BCUT2D eigenvalue weighted by molar-refractivity contribution is 0.133. The van der Waals surface area contributed by atoms with E-state index in [-0.39, 0.29) is 5.15 Å². The van der Waals surface area contributed by atoms with Gasteiger partial charge in [0.1, 0.15) is 10.9 Å². The van der Waals surface area contributed by atoms with Crippen LogP contribution in [0.1, 0.15) is 25.6 Å². The molecule has 15 heavy (non-hydrogen) atoms. The van der Waals surface area contributed by atoms with E-state index in [1.807, 2.05) is 19.9 Å². The lowest BCUT2D eigenvalue weighted by Gasteiger charge is -2.28. The molecule has 6 heteroatoms. The number of aliphatic hydroxyl groups is 1. The van der Waals surface area contributed by atoms with E-state index < -0.39 is 11.6 Å². The van der Waals surface area contributed by atoms with Crippen molar-refractivity contribution in [2.75, 3.05) is 5.32 Å². The van der Waals surface area contributed by atoms with Crippen molar-refractivity contribution in [2.45, 2.75) is 32.4 Å². The minimum Gasteiger partial charge on any atom is -0.391 e. The van der Waals surface area contributed by atoms with Crippen molar-refractivity contribution in [3.63, 3.8) is 0 Å². The van der Waals surface area contributed by atoms with E-state index >= 15 is 0 Å². The van der Waals surface area contributed by atoms with Gasteiger partial charge in [-0.3, -0.25) is 0 Å². The molecule has 0 saturated heterocycles. The van der Waals surface area contributed by atoms with E-state index in [1.165, 1.54) is 11.3 Å². The number of halogens is 1. The molecule has 0 spiro atoms. The van der Waals surface area contributed by atoms with Gasteiger partial charge in [-0.05, 0) is 20.8 Å². The van der Waals surface area contributed by atoms with Crippen molar-refractivity contribution >= 4 is 28.1 Å². The molecule has 0 amide bonds. The summed E-state index contributed by atoms with van der Waals surface area (Å²) >= 11 is 6.91. The number of nitrogens with one attached hydrogen (secondary N) is 1. The molecule has 0 radical (unpaired) electrons. The van der Waals surface area contributed by atoms with Gasteiger partial charge in [-0.2, -0.15) is 5.26 Å². The van der Waals surface area contributed by atoms with Gasteiger partial charge in [0.25, 0.3) is 0 Å². The summed E-state index contributed by atoms with van der Waals surface area (Å²) < 4.78 is 0. The number of rotatable bonds is 3. The first-order chi connectivity index (χ1) is 6.86. The summed E-state index contributed by atoms with van der Waals surface area (Å²) in [6.07, 6.45) is -0.536. The van der Waals surface area contributed by atoms with Gasteiger partial charge < -0.3 is 10.4 Å². The molecular formula is C9H12ClN3OS. The van der Waals surface area contributed by atoms with Crippen LogP contribution >= 0.6 is 22.9 Å². The summed E-state index contributed by atoms with van der Waals surface area (Å²) in [5.74, 6) is 0. The van der Waals surface area contributed by atoms with Crippen molar-refractivity contribution in [1.29, 1.82) is 5.26 Å². The largest absolute Gasteiger partial charge is 0.391 e. The van der Waals surface area contributed by atoms with Crippen molar-refractivity contribution in [3.8, 4) is 6.07 Å². The van der Waals surface area contributed by atoms with Crippen LogP contribution in [0.3, 0.4) is 0 Å². The minimum atomic E-state index is -0.536. The highest BCUT2D eigenvalue weighted by molar-refractivity contribution is 7.16. The lowest BCUT2D eigenvalue weighted by Crippen LogP contribution is -2.41. The first kappa shape index (κ1) is 12.2. The number of hydrogen-bond donors (Lipinski definition) is 2. The summed E-state index contributed by atoms with van der Waals surface area (Å²) in [5.41, 5.74) is -0.506. The molecule has 0 fully saturated rings. The molecule has 1 unspecified atom stereocenters. The Hall–Kier alpha value is -0.830. The first-order valence-electron chi connectivity index (χ1n) is 4.39. The van der Waals surface area contributed by atoms with Gasteiger partial charge in [0.15, 0.2) is 10.3 Å². The van der Waals surface area contributed by atoms with E-state index in [9.17, 15) is 5.11 Å². The molecule has 1 atom stereocenters. The Labute approximate surface area is 97.5 Å². The molecule has 0 bridgehead atoms. The summed E-state index contributed by atoms with van der Waals surface area (Å²) in [5, 5.41) is 22.0. The molecule has 0 aliphatic carbocycles. The minimum absolute atomic E-state index is 0.200. The summed E-state index contributed by atoms with van der Waals surface area (Å²) in [6, 6.07) is 1.95. The maximum absolute atomic E-state index is 9.49. The number of hydrogen-bond acceptors (Lipinski definition) is 5. The maximum atomic E-state index is 9.49. The number of nitrogens with zero attached hydrogens (tertiary/aromatic N) is 2. The van der Waals surface area contributed by atoms with Crippen molar-refractivity contribution < 1.29 is 5.11 Å². The van der Waals surface area contributed by atoms with E-state index in [2.05, 4.69) is 10.3 Å². The van der Waals surface area contributed by atoms with Gasteiger partial charge in [-0.15, -0.1) is 0 Å². The highest BCUT2D eigenvalue weighted by Gasteiger charge is 2.25. The summed E-state index contributed by atoms with van der Waals surface area (Å²) in [7, 11) is 0. The molecule has 1 heterocycles. The van der Waals surface area contributed by atoms with Gasteiger partial charge in [-0.25, -0.2) is 4.98 Å². The van der Waals surface area contributed by atoms with Crippen LogP contribution in [0.15, 0.2) is 0 Å². The smallest absolute Gasteiger partial charge is 0.185 e. The zero-order valence-corrected chi connectivity index (χ0v) is 10.3. The van der Waals surface area contributed by atoms with Crippen molar-refractivity contribution in [1.82, 2.24) is 4.98 Å². The third-order valence-corrected chi connectivity index (χ3v) is 3.42. The quantitative estimate of drug-likeness (QED) is 0.857. The highest BCUT2D eigenvalue weighted by atomic mass is 35.5. The Bertz CT molecular complexity index is 395. The lowest BCUT2D eigenvalue weighted by atomic mass is 9.99. The Morgan fingerprint density at radius 3 is 2.67 bits per heavy atom. The number of thiazole rings is 1. The molecule has 1 aromatic rings. The van der Waals surface area contributed by atoms with Crippen LogP contribution in [0.4, 0.5) is 5.13 Å². The summed E-state index contributed by atoms with van der Waals surface area (Å²) in [4.78, 5) is 4.36. The van der Waals surface area contributed by atoms with Crippen molar-refractivity contribution in [2.24, 2.45) is 0 Å². The fraction of sp³-hybridized carbons (Fsp3) is 0.556. The molecule has 0 aliphatic rings. The number of aromatic nitrogens is 1. The Kier molecular flexibility index (Phi) is 3.55. The third-order valence-electron chi connectivity index (χ3n) is 2.16. The van der Waals surface area contributed by atoms with Crippen LogP contribution < -0.4 is 5.32 Å². The van der Waals surface area contributed by atoms with Crippen LogP contribution in [0, 0.1) is 11.3 Å². The second-order valence-electron chi connectivity index (χ2n) is 3.77. The van der Waals surface area contributed by atoms with Crippen LogP contribution in [-0.4, -0.2) is 21.7 Å². The van der Waals surface area contributed by atoms with Crippen LogP contribution in [0.5, 0.6) is 0 Å². The zero-order valence-electron chi connectivity index (χ0n) is 8.71. The fourth-order valence-electron chi connectivity index (χ4n) is 0.804. The number of nitriles is 1. The fourth-order valence-corrected chi connectivity index (χ4v) is 1.92. The number of aliphatic hydroxyl groups excluding tert-OH is 1. The van der Waals surface area contributed by atoms with Gasteiger partial charge >= 0.3 is 0 Å². The normalized spacial score (nSPS) is 13.3. The highest BCUT2D eigenvalue weighted by Crippen LogP contribution is 2.28. The molecule has 82 valence electrons. The third kappa shape index (κ3) is 2.81. The Balaban J connectivity index is 2.87. The maximum Gasteiger partial charge on any atom is 0.185 e. The van der Waals surface area contributed by atoms with Crippen LogP contribution in [-0.2, 0) is 0 Å². The standard InChI is InChI=1S/C9H12ClN3OS/c1-5(14)9(2,3)13-8-12-7(10)6(4-11)15-8/h5,14H,1-3H3,(H,12,13).